The lowest BCUT2D eigenvalue weighted by Crippen LogP contribution is -2.55. The Morgan fingerprint density at radius 2 is 1.12 bits per heavy atom. The summed E-state index contributed by atoms with van der Waals surface area (Å²) in [6.07, 6.45) is 1.49. The number of carbonyl (C=O) groups excluding carboxylic acids is 2. The molecule has 2 amide bonds. The summed E-state index contributed by atoms with van der Waals surface area (Å²) in [4.78, 5) is 23.1. The molecule has 0 aromatic carbocycles. The van der Waals surface area contributed by atoms with Gasteiger partial charge in [0.05, 0.1) is 22.6 Å². The van der Waals surface area contributed by atoms with Crippen LogP contribution in [-0.2, 0) is 29.8 Å². The van der Waals surface area contributed by atoms with Crippen LogP contribution in [0.4, 0.5) is 0 Å². The van der Waals surface area contributed by atoms with Gasteiger partial charge in [0.15, 0.2) is 0 Å². The Hall–Kier alpha value is -1.76. The van der Waals surface area contributed by atoms with Crippen LogP contribution >= 0.6 is 0 Å². The molecule has 0 fully saturated rings. The first-order valence-electron chi connectivity index (χ1n) is 7.33. The minimum atomic E-state index is -4.49. The molecule has 4 N–H and O–H groups in total. The molecular weight excluding hydrogens is 388 g/mol. The largest absolute Gasteiger partial charge is 0.346 e. The van der Waals surface area contributed by atoms with E-state index in [1.54, 1.807) is 0 Å². The molecule has 0 radical (unpaired) electrons. The van der Waals surface area contributed by atoms with Gasteiger partial charge >= 0.3 is 0 Å². The zero-order valence-electron chi connectivity index (χ0n) is 14.6. The van der Waals surface area contributed by atoms with Gasteiger partial charge < -0.3 is 10.6 Å². The molecule has 10 nitrogen and oxygen atoms in total. The van der Waals surface area contributed by atoms with Crippen molar-refractivity contribution in [3.8, 4) is 0 Å². The molecular formula is C14H24N2O8S2. The molecule has 0 heterocycles. The van der Waals surface area contributed by atoms with Crippen LogP contribution in [0.25, 0.3) is 0 Å². The highest BCUT2D eigenvalue weighted by atomic mass is 32.2. The van der Waals surface area contributed by atoms with Gasteiger partial charge in [-0.25, -0.2) is 0 Å². The standard InChI is InChI=1S/C14H24N2O8S2/c1-5-11(17)15-13(3,9-25(19,20)21)7-8-14(4,10-26(22,23)24)16-12(18)6-2/h5-6H,1-2,7-10H2,3-4H3,(H,15,17)(H,16,18)(H,19,20,21)(H,22,23,24). The summed E-state index contributed by atoms with van der Waals surface area (Å²) in [6, 6.07) is 0. The number of hydrogen-bond donors (Lipinski definition) is 4. The normalized spacial score (nSPS) is 16.6. The third kappa shape index (κ3) is 10.3. The quantitative estimate of drug-likeness (QED) is 0.264. The second-order valence-corrected chi connectivity index (χ2v) is 9.37. The Kier molecular flexibility index (Phi) is 8.16. The maximum atomic E-state index is 11.6. The van der Waals surface area contributed by atoms with E-state index in [2.05, 4.69) is 23.8 Å². The van der Waals surface area contributed by atoms with Crippen LogP contribution in [0.15, 0.2) is 25.3 Å². The summed E-state index contributed by atoms with van der Waals surface area (Å²) in [5.41, 5.74) is -2.98. The fraction of sp³-hybridized carbons (Fsp3) is 0.571. The summed E-state index contributed by atoms with van der Waals surface area (Å²) < 4.78 is 63.2. The van der Waals surface area contributed by atoms with Crippen molar-refractivity contribution < 1.29 is 35.5 Å². The highest BCUT2D eigenvalue weighted by Gasteiger charge is 2.37. The van der Waals surface area contributed by atoms with E-state index in [9.17, 15) is 26.4 Å². The lowest BCUT2D eigenvalue weighted by Gasteiger charge is -2.35. The van der Waals surface area contributed by atoms with Gasteiger partial charge in [-0.05, 0) is 38.8 Å². The second kappa shape index (κ2) is 8.75. The summed E-state index contributed by atoms with van der Waals surface area (Å²) in [5.74, 6) is -3.11. The topological polar surface area (TPSA) is 167 Å². The molecule has 0 aliphatic heterocycles. The minimum absolute atomic E-state index is 0.157. The van der Waals surface area contributed by atoms with Crippen molar-refractivity contribution in [1.29, 1.82) is 0 Å². The number of hydrogen-bond acceptors (Lipinski definition) is 6. The van der Waals surface area contributed by atoms with Gasteiger partial charge in [0.1, 0.15) is 0 Å². The van der Waals surface area contributed by atoms with E-state index < -0.39 is 54.6 Å². The smallest absolute Gasteiger partial charge is 0.267 e. The fourth-order valence-electron chi connectivity index (χ4n) is 2.40. The Balaban J connectivity index is 5.61. The van der Waals surface area contributed by atoms with E-state index in [4.69, 9.17) is 9.11 Å². The zero-order valence-corrected chi connectivity index (χ0v) is 16.2. The lowest BCUT2D eigenvalue weighted by atomic mass is 9.89. The van der Waals surface area contributed by atoms with E-state index in [1.807, 2.05) is 0 Å². The average molecular weight is 412 g/mol. The molecule has 0 aliphatic rings. The van der Waals surface area contributed by atoms with Crippen molar-refractivity contribution in [2.45, 2.75) is 37.8 Å². The predicted molar refractivity (Wildman–Crippen MR) is 95.6 cm³/mol. The number of amides is 2. The molecule has 2 atom stereocenters. The Labute approximate surface area is 153 Å². The first-order valence-corrected chi connectivity index (χ1v) is 10.5. The molecule has 0 saturated carbocycles. The van der Waals surface area contributed by atoms with Gasteiger partial charge in [0, 0.05) is 0 Å². The van der Waals surface area contributed by atoms with Crippen LogP contribution in [0, 0.1) is 0 Å². The molecule has 0 spiro atoms. The van der Waals surface area contributed by atoms with Crippen molar-refractivity contribution in [3.63, 3.8) is 0 Å². The molecule has 0 aromatic heterocycles. The van der Waals surface area contributed by atoms with Crippen molar-refractivity contribution >= 4 is 32.1 Å². The third-order valence-corrected chi connectivity index (χ3v) is 5.46. The van der Waals surface area contributed by atoms with E-state index in [1.165, 1.54) is 13.8 Å². The second-order valence-electron chi connectivity index (χ2n) is 6.46. The van der Waals surface area contributed by atoms with E-state index in [0.717, 1.165) is 12.2 Å². The first kappa shape index (κ1) is 24.2. The molecule has 26 heavy (non-hydrogen) atoms. The van der Waals surface area contributed by atoms with Crippen LogP contribution in [0.1, 0.15) is 26.7 Å². The molecule has 0 saturated heterocycles. The van der Waals surface area contributed by atoms with E-state index in [0.29, 0.717) is 0 Å². The van der Waals surface area contributed by atoms with Crippen LogP contribution in [0.3, 0.4) is 0 Å². The SMILES string of the molecule is C=CC(=O)NC(C)(CCC(C)(CS(=O)(=O)O)NC(=O)C=C)CS(=O)(=O)O. The summed E-state index contributed by atoms with van der Waals surface area (Å²) >= 11 is 0. The van der Waals surface area contributed by atoms with Crippen LogP contribution in [0.2, 0.25) is 0 Å². The van der Waals surface area contributed by atoms with E-state index >= 15 is 0 Å². The highest BCUT2D eigenvalue weighted by Crippen LogP contribution is 2.23. The summed E-state index contributed by atoms with van der Waals surface area (Å²) in [6.45, 7) is 9.14. The van der Waals surface area contributed by atoms with Gasteiger partial charge in [-0.3, -0.25) is 18.7 Å². The number of rotatable bonds is 11. The van der Waals surface area contributed by atoms with Gasteiger partial charge in [-0.1, -0.05) is 13.2 Å². The monoisotopic (exact) mass is 412 g/mol. The van der Waals surface area contributed by atoms with Crippen molar-refractivity contribution in [1.82, 2.24) is 10.6 Å². The van der Waals surface area contributed by atoms with Crippen LogP contribution in [-0.4, -0.2) is 60.3 Å². The molecule has 0 rings (SSSR count). The maximum absolute atomic E-state index is 11.6. The third-order valence-electron chi connectivity index (χ3n) is 3.45. The predicted octanol–water partition coefficient (Wildman–Crippen LogP) is -0.336. The van der Waals surface area contributed by atoms with Gasteiger partial charge in [0.2, 0.25) is 11.8 Å². The Bertz CT molecular complexity index is 709. The molecule has 150 valence electrons. The van der Waals surface area contributed by atoms with E-state index in [-0.39, 0.29) is 12.8 Å². The average Bonchev–Trinajstić information content (AvgIpc) is 2.41. The van der Waals surface area contributed by atoms with Crippen LogP contribution in [0.5, 0.6) is 0 Å². The first-order chi connectivity index (χ1) is 11.5. The molecule has 0 aromatic rings. The number of nitrogens with one attached hydrogen (secondary N) is 2. The highest BCUT2D eigenvalue weighted by molar-refractivity contribution is 7.86. The van der Waals surface area contributed by atoms with Gasteiger partial charge in [-0.2, -0.15) is 16.8 Å². The molecule has 2 unspecified atom stereocenters. The zero-order chi connectivity index (χ0) is 20.8. The van der Waals surface area contributed by atoms with Gasteiger partial charge in [0.25, 0.3) is 20.2 Å². The fourth-order valence-corrected chi connectivity index (χ4v) is 4.44. The molecule has 12 heteroatoms. The Morgan fingerprint density at radius 3 is 1.31 bits per heavy atom. The minimum Gasteiger partial charge on any atom is -0.346 e. The van der Waals surface area contributed by atoms with Crippen molar-refractivity contribution in [2.24, 2.45) is 0 Å². The number of carbonyl (C=O) groups is 2. The summed E-state index contributed by atoms with van der Waals surface area (Å²) in [5, 5.41) is 4.72. The van der Waals surface area contributed by atoms with Crippen LogP contribution < -0.4 is 10.6 Å². The van der Waals surface area contributed by atoms with Gasteiger partial charge in [-0.15, -0.1) is 0 Å². The molecule has 0 bridgehead atoms. The van der Waals surface area contributed by atoms with Crippen molar-refractivity contribution in [2.75, 3.05) is 11.5 Å². The van der Waals surface area contributed by atoms with Crippen molar-refractivity contribution in [3.05, 3.63) is 25.3 Å². The Morgan fingerprint density at radius 1 is 0.846 bits per heavy atom. The summed E-state index contributed by atoms with van der Waals surface area (Å²) in [7, 11) is -8.97. The lowest BCUT2D eigenvalue weighted by molar-refractivity contribution is -0.119. The maximum Gasteiger partial charge on any atom is 0.267 e. The molecule has 0 aliphatic carbocycles.